The van der Waals surface area contributed by atoms with Crippen LogP contribution in [0.3, 0.4) is 0 Å². The van der Waals surface area contributed by atoms with Crippen LogP contribution < -0.4 is 5.32 Å². The Morgan fingerprint density at radius 1 is 1.53 bits per heavy atom. The van der Waals surface area contributed by atoms with Gasteiger partial charge in [-0.25, -0.2) is 4.39 Å². The number of benzene rings is 1. The van der Waals surface area contributed by atoms with Gasteiger partial charge in [0.05, 0.1) is 23.2 Å². The zero-order valence-corrected chi connectivity index (χ0v) is 11.0. The molecule has 1 aromatic carbocycles. The number of aliphatic carboxylic acids is 1. The molecule has 0 amide bonds. The van der Waals surface area contributed by atoms with Gasteiger partial charge < -0.3 is 10.4 Å². The molecule has 0 aromatic heterocycles. The fraction of sp³-hybridized carbons (Fsp3) is 0.429. The van der Waals surface area contributed by atoms with Crippen molar-refractivity contribution in [2.24, 2.45) is 11.8 Å². The van der Waals surface area contributed by atoms with Gasteiger partial charge in [0.2, 0.25) is 0 Å². The van der Waals surface area contributed by atoms with Crippen molar-refractivity contribution in [2.75, 3.05) is 11.9 Å². The standard InChI is InChI=1S/C14H17FN2O2/c1-9(2)5-11(14(18)19)8-17-13-4-3-10(7-16)6-12(13)15/h3-4,6,9,11,17H,5,8H2,1-2H3,(H,18,19). The summed E-state index contributed by atoms with van der Waals surface area (Å²) >= 11 is 0. The van der Waals surface area contributed by atoms with Crippen molar-refractivity contribution in [1.82, 2.24) is 0 Å². The molecule has 1 atom stereocenters. The number of halogens is 1. The number of hydrogen-bond donors (Lipinski definition) is 2. The highest BCUT2D eigenvalue weighted by Gasteiger charge is 2.19. The van der Waals surface area contributed by atoms with E-state index in [0.717, 1.165) is 6.07 Å². The highest BCUT2D eigenvalue weighted by Crippen LogP contribution is 2.18. The van der Waals surface area contributed by atoms with Gasteiger partial charge in [0.15, 0.2) is 0 Å². The third-order valence-corrected chi connectivity index (χ3v) is 2.74. The van der Waals surface area contributed by atoms with Crippen LogP contribution >= 0.6 is 0 Å². The Morgan fingerprint density at radius 2 is 2.21 bits per heavy atom. The monoisotopic (exact) mass is 264 g/mol. The van der Waals surface area contributed by atoms with E-state index in [2.05, 4.69) is 5.32 Å². The average Bonchev–Trinajstić information content (AvgIpc) is 2.34. The Bertz CT molecular complexity index is 495. The summed E-state index contributed by atoms with van der Waals surface area (Å²) in [7, 11) is 0. The predicted octanol–water partition coefficient (Wildman–Crippen LogP) is 2.86. The molecule has 5 heteroatoms. The van der Waals surface area contributed by atoms with E-state index in [4.69, 9.17) is 10.4 Å². The summed E-state index contributed by atoms with van der Waals surface area (Å²) < 4.78 is 13.6. The first-order valence-corrected chi connectivity index (χ1v) is 6.10. The van der Waals surface area contributed by atoms with Crippen molar-refractivity contribution < 1.29 is 14.3 Å². The molecule has 4 nitrogen and oxygen atoms in total. The Hall–Kier alpha value is -2.09. The van der Waals surface area contributed by atoms with Gasteiger partial charge in [-0.2, -0.15) is 5.26 Å². The van der Waals surface area contributed by atoms with E-state index >= 15 is 0 Å². The van der Waals surface area contributed by atoms with Crippen LogP contribution in [0.15, 0.2) is 18.2 Å². The summed E-state index contributed by atoms with van der Waals surface area (Å²) in [5.74, 6) is -1.74. The van der Waals surface area contributed by atoms with Crippen LogP contribution in [0.2, 0.25) is 0 Å². The number of nitrogens with one attached hydrogen (secondary N) is 1. The van der Waals surface area contributed by atoms with Gasteiger partial charge in [-0.05, 0) is 30.5 Å². The van der Waals surface area contributed by atoms with E-state index in [1.807, 2.05) is 19.9 Å². The Morgan fingerprint density at radius 3 is 2.68 bits per heavy atom. The fourth-order valence-electron chi connectivity index (χ4n) is 1.80. The number of anilines is 1. The molecule has 0 fully saturated rings. The fourth-order valence-corrected chi connectivity index (χ4v) is 1.80. The first-order chi connectivity index (χ1) is 8.93. The van der Waals surface area contributed by atoms with Crippen molar-refractivity contribution in [3.63, 3.8) is 0 Å². The SMILES string of the molecule is CC(C)CC(CNc1ccc(C#N)cc1F)C(=O)O. The molecule has 0 saturated carbocycles. The predicted molar refractivity (Wildman–Crippen MR) is 70.2 cm³/mol. The Balaban J connectivity index is 2.69. The van der Waals surface area contributed by atoms with Gasteiger partial charge in [-0.3, -0.25) is 4.79 Å². The second kappa shape index (κ2) is 6.74. The van der Waals surface area contributed by atoms with E-state index in [0.29, 0.717) is 6.42 Å². The van der Waals surface area contributed by atoms with Crippen LogP contribution in [-0.4, -0.2) is 17.6 Å². The normalized spacial score (nSPS) is 11.9. The van der Waals surface area contributed by atoms with E-state index < -0.39 is 17.7 Å². The largest absolute Gasteiger partial charge is 0.481 e. The lowest BCUT2D eigenvalue weighted by Crippen LogP contribution is -2.24. The first kappa shape index (κ1) is 15.0. The summed E-state index contributed by atoms with van der Waals surface area (Å²) in [6.45, 7) is 4.05. The summed E-state index contributed by atoms with van der Waals surface area (Å²) in [6.07, 6.45) is 0.528. The molecule has 1 rings (SSSR count). The number of nitrogens with zero attached hydrogens (tertiary/aromatic N) is 1. The molecular formula is C14H17FN2O2. The molecule has 0 bridgehead atoms. The topological polar surface area (TPSA) is 73.1 Å². The lowest BCUT2D eigenvalue weighted by atomic mass is 9.97. The number of nitriles is 1. The second-order valence-electron chi connectivity index (χ2n) is 4.85. The molecule has 0 spiro atoms. The highest BCUT2D eigenvalue weighted by molar-refractivity contribution is 5.70. The molecule has 102 valence electrons. The smallest absolute Gasteiger partial charge is 0.308 e. The molecule has 0 saturated heterocycles. The summed E-state index contributed by atoms with van der Waals surface area (Å²) in [4.78, 5) is 11.1. The molecule has 2 N–H and O–H groups in total. The lowest BCUT2D eigenvalue weighted by molar-refractivity contribution is -0.141. The molecule has 0 radical (unpaired) electrons. The minimum absolute atomic E-state index is 0.163. The quantitative estimate of drug-likeness (QED) is 0.828. The van der Waals surface area contributed by atoms with Crippen molar-refractivity contribution in [3.8, 4) is 6.07 Å². The number of carbonyl (C=O) groups is 1. The minimum atomic E-state index is -0.893. The van der Waals surface area contributed by atoms with E-state index in [1.165, 1.54) is 12.1 Å². The van der Waals surface area contributed by atoms with Crippen LogP contribution in [-0.2, 0) is 4.79 Å². The molecule has 1 unspecified atom stereocenters. The van der Waals surface area contributed by atoms with Crippen molar-refractivity contribution in [2.45, 2.75) is 20.3 Å². The number of hydrogen-bond acceptors (Lipinski definition) is 3. The average molecular weight is 264 g/mol. The highest BCUT2D eigenvalue weighted by atomic mass is 19.1. The van der Waals surface area contributed by atoms with Gasteiger partial charge in [0.1, 0.15) is 5.82 Å². The van der Waals surface area contributed by atoms with Crippen LogP contribution in [0.4, 0.5) is 10.1 Å². The number of rotatable bonds is 6. The van der Waals surface area contributed by atoms with Crippen molar-refractivity contribution >= 4 is 11.7 Å². The van der Waals surface area contributed by atoms with E-state index in [-0.39, 0.29) is 23.7 Å². The minimum Gasteiger partial charge on any atom is -0.481 e. The van der Waals surface area contributed by atoms with Crippen LogP contribution in [0.1, 0.15) is 25.8 Å². The molecule has 1 aromatic rings. The van der Waals surface area contributed by atoms with Gasteiger partial charge in [-0.15, -0.1) is 0 Å². The molecule has 0 heterocycles. The second-order valence-corrected chi connectivity index (χ2v) is 4.85. The van der Waals surface area contributed by atoms with E-state index in [1.54, 1.807) is 0 Å². The van der Waals surface area contributed by atoms with Crippen molar-refractivity contribution in [1.29, 1.82) is 5.26 Å². The van der Waals surface area contributed by atoms with Gasteiger partial charge >= 0.3 is 5.97 Å². The lowest BCUT2D eigenvalue weighted by Gasteiger charge is -2.16. The van der Waals surface area contributed by atoms with Gasteiger partial charge in [-0.1, -0.05) is 13.8 Å². The zero-order chi connectivity index (χ0) is 14.4. The summed E-state index contributed by atoms with van der Waals surface area (Å²) in [5, 5.41) is 20.5. The molecule has 19 heavy (non-hydrogen) atoms. The van der Waals surface area contributed by atoms with E-state index in [9.17, 15) is 9.18 Å². The Labute approximate surface area is 111 Å². The summed E-state index contributed by atoms with van der Waals surface area (Å²) in [5.41, 5.74) is 0.453. The van der Waals surface area contributed by atoms with Crippen LogP contribution in [0, 0.1) is 29.0 Å². The van der Waals surface area contributed by atoms with Gasteiger partial charge in [0.25, 0.3) is 0 Å². The third-order valence-electron chi connectivity index (χ3n) is 2.74. The van der Waals surface area contributed by atoms with Crippen molar-refractivity contribution in [3.05, 3.63) is 29.6 Å². The molecule has 0 aliphatic carbocycles. The maximum Gasteiger partial charge on any atom is 0.308 e. The van der Waals surface area contributed by atoms with Crippen LogP contribution in [0.25, 0.3) is 0 Å². The number of carboxylic acid groups (broad SMARTS) is 1. The van der Waals surface area contributed by atoms with Gasteiger partial charge in [0, 0.05) is 6.54 Å². The zero-order valence-electron chi connectivity index (χ0n) is 11.0. The first-order valence-electron chi connectivity index (χ1n) is 6.10. The number of carboxylic acids is 1. The molecular weight excluding hydrogens is 247 g/mol. The maximum absolute atomic E-state index is 13.6. The van der Waals surface area contributed by atoms with Crippen LogP contribution in [0.5, 0.6) is 0 Å². The maximum atomic E-state index is 13.6. The summed E-state index contributed by atoms with van der Waals surface area (Å²) in [6, 6.07) is 5.90. The molecule has 0 aliphatic heterocycles. The molecule has 0 aliphatic rings. The Kier molecular flexibility index (Phi) is 5.31. The third kappa shape index (κ3) is 4.59.